The molecule has 0 atom stereocenters. The van der Waals surface area contributed by atoms with Crippen LogP contribution in [0.25, 0.3) is 0 Å². The molecule has 25 heavy (non-hydrogen) atoms. The summed E-state index contributed by atoms with van der Waals surface area (Å²) in [6.07, 6.45) is 1.59. The van der Waals surface area contributed by atoms with Crippen LogP contribution in [0.5, 0.6) is 11.5 Å². The number of benzene rings is 2. The number of carbonyl (C=O) groups excluding carboxylic acids is 1. The van der Waals surface area contributed by atoms with Crippen molar-refractivity contribution in [2.45, 2.75) is 13.5 Å². The molecule has 0 saturated carbocycles. The van der Waals surface area contributed by atoms with Crippen LogP contribution >= 0.6 is 0 Å². The predicted molar refractivity (Wildman–Crippen MR) is 96.9 cm³/mol. The van der Waals surface area contributed by atoms with Gasteiger partial charge in [-0.3, -0.25) is 0 Å². The van der Waals surface area contributed by atoms with Gasteiger partial charge in [0.25, 0.3) is 0 Å². The Morgan fingerprint density at radius 2 is 1.96 bits per heavy atom. The number of nitrogens with one attached hydrogen (secondary N) is 1. The van der Waals surface area contributed by atoms with E-state index in [0.717, 1.165) is 17.1 Å². The predicted octanol–water partition coefficient (Wildman–Crippen LogP) is 5.04. The number of rotatable bonds is 5. The topological polar surface area (TPSA) is 54.7 Å². The molecule has 1 heterocycles. The normalized spacial score (nSPS) is 10.3. The summed E-state index contributed by atoms with van der Waals surface area (Å²) in [5, 5.41) is 2.88. The van der Waals surface area contributed by atoms with Gasteiger partial charge in [0.2, 0.25) is 0 Å². The second-order valence-corrected chi connectivity index (χ2v) is 5.78. The van der Waals surface area contributed by atoms with Crippen LogP contribution in [0.2, 0.25) is 0 Å². The highest BCUT2D eigenvalue weighted by Crippen LogP contribution is 2.29. The fourth-order valence-electron chi connectivity index (χ4n) is 2.38. The molecule has 0 bridgehead atoms. The Morgan fingerprint density at radius 1 is 1.12 bits per heavy atom. The number of amides is 2. The summed E-state index contributed by atoms with van der Waals surface area (Å²) in [5.41, 5.74) is 1.72. The first kappa shape index (κ1) is 16.6. The van der Waals surface area contributed by atoms with E-state index in [0.29, 0.717) is 18.0 Å². The van der Waals surface area contributed by atoms with Crippen LogP contribution in [0.15, 0.2) is 71.3 Å². The van der Waals surface area contributed by atoms with Crippen molar-refractivity contribution in [2.75, 3.05) is 12.4 Å². The number of hydrogen-bond acceptors (Lipinski definition) is 3. The number of para-hydroxylation sites is 2. The monoisotopic (exact) mass is 336 g/mol. The standard InChI is InChI=1S/C20H20N2O3/c1-15-7-5-8-16(13-15)25-19-11-4-3-10-18(19)21-20(23)22(2)14-17-9-6-12-24-17/h3-13H,14H2,1-2H3,(H,21,23). The van der Waals surface area contributed by atoms with Crippen LogP contribution in [-0.4, -0.2) is 18.0 Å². The van der Waals surface area contributed by atoms with Gasteiger partial charge in [0.15, 0.2) is 5.75 Å². The molecule has 0 aliphatic heterocycles. The van der Waals surface area contributed by atoms with Crippen LogP contribution in [0.1, 0.15) is 11.3 Å². The summed E-state index contributed by atoms with van der Waals surface area (Å²) < 4.78 is 11.2. The molecule has 5 heteroatoms. The zero-order chi connectivity index (χ0) is 17.6. The summed E-state index contributed by atoms with van der Waals surface area (Å²) in [4.78, 5) is 14.0. The van der Waals surface area contributed by atoms with E-state index in [1.165, 1.54) is 0 Å². The first-order valence-corrected chi connectivity index (χ1v) is 8.00. The van der Waals surface area contributed by atoms with E-state index >= 15 is 0 Å². The number of furan rings is 1. The molecule has 128 valence electrons. The Hall–Kier alpha value is -3.21. The Bertz CT molecular complexity index is 844. The van der Waals surface area contributed by atoms with Crippen molar-refractivity contribution in [1.29, 1.82) is 0 Å². The van der Waals surface area contributed by atoms with Crippen molar-refractivity contribution in [3.8, 4) is 11.5 Å². The number of ether oxygens (including phenoxy) is 1. The van der Waals surface area contributed by atoms with Crippen molar-refractivity contribution in [3.05, 3.63) is 78.3 Å². The lowest BCUT2D eigenvalue weighted by atomic mass is 10.2. The van der Waals surface area contributed by atoms with Gasteiger partial charge in [-0.2, -0.15) is 0 Å². The maximum absolute atomic E-state index is 12.4. The highest BCUT2D eigenvalue weighted by atomic mass is 16.5. The van der Waals surface area contributed by atoms with Gasteiger partial charge in [0.05, 0.1) is 18.5 Å². The molecule has 2 aromatic carbocycles. The third kappa shape index (κ3) is 4.41. The van der Waals surface area contributed by atoms with E-state index in [2.05, 4.69) is 5.32 Å². The number of anilines is 1. The van der Waals surface area contributed by atoms with Crippen molar-refractivity contribution < 1.29 is 13.9 Å². The van der Waals surface area contributed by atoms with E-state index in [-0.39, 0.29) is 6.03 Å². The van der Waals surface area contributed by atoms with Crippen LogP contribution in [-0.2, 0) is 6.54 Å². The van der Waals surface area contributed by atoms with Crippen molar-refractivity contribution in [2.24, 2.45) is 0 Å². The fraction of sp³-hybridized carbons (Fsp3) is 0.150. The molecule has 0 fully saturated rings. The Kier molecular flexibility index (Phi) is 5.04. The molecule has 0 radical (unpaired) electrons. The maximum atomic E-state index is 12.4. The molecule has 0 aliphatic carbocycles. The zero-order valence-electron chi connectivity index (χ0n) is 14.2. The molecule has 2 amide bonds. The second kappa shape index (κ2) is 7.57. The Morgan fingerprint density at radius 3 is 2.72 bits per heavy atom. The molecule has 0 aliphatic rings. The van der Waals surface area contributed by atoms with Crippen LogP contribution < -0.4 is 10.1 Å². The minimum absolute atomic E-state index is 0.239. The lowest BCUT2D eigenvalue weighted by molar-refractivity contribution is 0.216. The summed E-state index contributed by atoms with van der Waals surface area (Å²) in [6, 6.07) is 18.5. The number of carbonyl (C=O) groups is 1. The minimum Gasteiger partial charge on any atom is -0.467 e. The van der Waals surface area contributed by atoms with Gasteiger partial charge in [-0.05, 0) is 48.9 Å². The van der Waals surface area contributed by atoms with Gasteiger partial charge in [0.1, 0.15) is 11.5 Å². The van der Waals surface area contributed by atoms with E-state index in [4.69, 9.17) is 9.15 Å². The fourth-order valence-corrected chi connectivity index (χ4v) is 2.38. The second-order valence-electron chi connectivity index (χ2n) is 5.78. The van der Waals surface area contributed by atoms with E-state index in [1.54, 1.807) is 24.3 Å². The van der Waals surface area contributed by atoms with E-state index < -0.39 is 0 Å². The minimum atomic E-state index is -0.239. The average Bonchev–Trinajstić information content (AvgIpc) is 3.09. The van der Waals surface area contributed by atoms with Gasteiger partial charge >= 0.3 is 6.03 Å². The number of urea groups is 1. The third-order valence-electron chi connectivity index (χ3n) is 3.67. The lowest BCUT2D eigenvalue weighted by Crippen LogP contribution is -2.30. The summed E-state index contributed by atoms with van der Waals surface area (Å²) >= 11 is 0. The molecular weight excluding hydrogens is 316 g/mol. The van der Waals surface area contributed by atoms with Crippen LogP contribution in [0.4, 0.5) is 10.5 Å². The SMILES string of the molecule is Cc1cccc(Oc2ccccc2NC(=O)N(C)Cc2ccco2)c1. The summed E-state index contributed by atoms with van der Waals surface area (Å²) in [6.45, 7) is 2.39. The quantitative estimate of drug-likeness (QED) is 0.710. The van der Waals surface area contributed by atoms with Crippen molar-refractivity contribution in [3.63, 3.8) is 0 Å². The van der Waals surface area contributed by atoms with Crippen LogP contribution in [0.3, 0.4) is 0 Å². The van der Waals surface area contributed by atoms with Crippen molar-refractivity contribution in [1.82, 2.24) is 4.90 Å². The Labute approximate surface area is 146 Å². The number of hydrogen-bond donors (Lipinski definition) is 1. The first-order chi connectivity index (χ1) is 12.1. The zero-order valence-corrected chi connectivity index (χ0v) is 14.2. The molecule has 1 aromatic heterocycles. The number of nitrogens with zero attached hydrogens (tertiary/aromatic N) is 1. The highest BCUT2D eigenvalue weighted by Gasteiger charge is 2.13. The van der Waals surface area contributed by atoms with Crippen molar-refractivity contribution >= 4 is 11.7 Å². The molecule has 5 nitrogen and oxygen atoms in total. The summed E-state index contributed by atoms with van der Waals surface area (Å²) in [5.74, 6) is 2.04. The molecular formula is C20H20N2O3. The Balaban J connectivity index is 1.71. The molecule has 0 unspecified atom stereocenters. The maximum Gasteiger partial charge on any atom is 0.322 e. The van der Waals surface area contributed by atoms with Gasteiger partial charge in [-0.15, -0.1) is 0 Å². The number of aryl methyl sites for hydroxylation is 1. The molecule has 3 aromatic rings. The highest BCUT2D eigenvalue weighted by molar-refractivity contribution is 5.90. The van der Waals surface area contributed by atoms with Gasteiger partial charge in [-0.25, -0.2) is 4.79 Å². The van der Waals surface area contributed by atoms with E-state index in [1.807, 2.05) is 61.5 Å². The lowest BCUT2D eigenvalue weighted by Gasteiger charge is -2.18. The summed E-state index contributed by atoms with van der Waals surface area (Å²) in [7, 11) is 1.71. The van der Waals surface area contributed by atoms with E-state index in [9.17, 15) is 4.79 Å². The molecule has 0 spiro atoms. The van der Waals surface area contributed by atoms with Gasteiger partial charge < -0.3 is 19.4 Å². The third-order valence-corrected chi connectivity index (χ3v) is 3.67. The molecule has 0 saturated heterocycles. The smallest absolute Gasteiger partial charge is 0.322 e. The molecule has 1 N–H and O–H groups in total. The van der Waals surface area contributed by atoms with Gasteiger partial charge in [-0.1, -0.05) is 24.3 Å². The van der Waals surface area contributed by atoms with Crippen LogP contribution in [0, 0.1) is 6.92 Å². The van der Waals surface area contributed by atoms with Gasteiger partial charge in [0, 0.05) is 7.05 Å². The molecule has 3 rings (SSSR count). The average molecular weight is 336 g/mol. The first-order valence-electron chi connectivity index (χ1n) is 8.00. The largest absolute Gasteiger partial charge is 0.467 e.